The van der Waals surface area contributed by atoms with Crippen LogP contribution in [0.5, 0.6) is 0 Å². The van der Waals surface area contributed by atoms with E-state index >= 15 is 0 Å². The van der Waals surface area contributed by atoms with Gasteiger partial charge in [-0.25, -0.2) is 17.9 Å². The van der Waals surface area contributed by atoms with E-state index in [0.29, 0.717) is 5.56 Å². The molecule has 2 aromatic carbocycles. The van der Waals surface area contributed by atoms with E-state index in [4.69, 9.17) is 0 Å². The molecule has 1 atom stereocenters. The summed E-state index contributed by atoms with van der Waals surface area (Å²) < 4.78 is 27.2. The van der Waals surface area contributed by atoms with E-state index in [-0.39, 0.29) is 11.4 Å². The second-order valence-corrected chi connectivity index (χ2v) is 7.97. The number of urea groups is 1. The Kier molecular flexibility index (Phi) is 4.99. The van der Waals surface area contributed by atoms with Crippen LogP contribution >= 0.6 is 0 Å². The van der Waals surface area contributed by atoms with Crippen molar-refractivity contribution in [2.75, 3.05) is 6.54 Å². The summed E-state index contributed by atoms with van der Waals surface area (Å²) in [5.74, 6) is 5.38. The third-order valence-corrected chi connectivity index (χ3v) is 5.44. The van der Waals surface area contributed by atoms with E-state index < -0.39 is 27.5 Å². The van der Waals surface area contributed by atoms with E-state index in [1.54, 1.807) is 12.1 Å². The van der Waals surface area contributed by atoms with Crippen molar-refractivity contribution in [2.45, 2.75) is 17.4 Å². The molecule has 3 rings (SSSR count). The second kappa shape index (κ2) is 7.23. The Morgan fingerprint density at radius 3 is 2.11 bits per heavy atom. The maximum Gasteiger partial charge on any atom is 0.322 e. The molecular weight excluding hydrogens is 366 g/mol. The predicted molar refractivity (Wildman–Crippen MR) is 99.1 cm³/mol. The molecule has 0 aliphatic carbocycles. The molecule has 3 amide bonds. The molecule has 1 aliphatic rings. The van der Waals surface area contributed by atoms with Crippen molar-refractivity contribution < 1.29 is 18.0 Å². The lowest BCUT2D eigenvalue weighted by Crippen LogP contribution is -2.52. The van der Waals surface area contributed by atoms with Crippen LogP contribution in [0.1, 0.15) is 18.1 Å². The van der Waals surface area contributed by atoms with E-state index in [9.17, 15) is 18.0 Å². The number of amides is 3. The molecule has 1 unspecified atom stereocenters. The predicted octanol–water partition coefficient (Wildman–Crippen LogP) is 0.963. The third-order valence-electron chi connectivity index (χ3n) is 4.02. The number of hydrogen-bond acceptors (Lipinski definition) is 4. The second-order valence-electron chi connectivity index (χ2n) is 6.21. The van der Waals surface area contributed by atoms with E-state index in [1.807, 2.05) is 30.3 Å². The highest BCUT2D eigenvalue weighted by Gasteiger charge is 2.42. The Balaban J connectivity index is 1.70. The monoisotopic (exact) mass is 383 g/mol. The van der Waals surface area contributed by atoms with Crippen LogP contribution in [0.25, 0.3) is 0 Å². The van der Waals surface area contributed by atoms with Gasteiger partial charge in [0.15, 0.2) is 0 Å². The fraction of sp³-hybridized carbons (Fsp3) is 0.158. The normalized spacial score (nSPS) is 19.0. The number of imide groups is 1. The first kappa shape index (κ1) is 18.6. The lowest BCUT2D eigenvalue weighted by molar-refractivity contribution is -0.123. The van der Waals surface area contributed by atoms with Gasteiger partial charge < -0.3 is 5.32 Å². The number of hydrogen-bond donors (Lipinski definition) is 3. The van der Waals surface area contributed by atoms with Gasteiger partial charge in [-0.3, -0.25) is 10.1 Å². The molecule has 138 valence electrons. The van der Waals surface area contributed by atoms with Gasteiger partial charge in [0.1, 0.15) is 5.54 Å². The molecule has 0 bridgehead atoms. The van der Waals surface area contributed by atoms with Crippen molar-refractivity contribution >= 4 is 22.0 Å². The van der Waals surface area contributed by atoms with Gasteiger partial charge in [0, 0.05) is 17.7 Å². The highest BCUT2D eigenvalue weighted by atomic mass is 32.2. The van der Waals surface area contributed by atoms with Crippen LogP contribution in [-0.4, -0.2) is 32.4 Å². The van der Waals surface area contributed by atoms with Gasteiger partial charge in [-0.15, -0.1) is 0 Å². The van der Waals surface area contributed by atoms with E-state index in [1.165, 1.54) is 19.1 Å². The summed E-state index contributed by atoms with van der Waals surface area (Å²) >= 11 is 0. The average molecular weight is 383 g/mol. The van der Waals surface area contributed by atoms with Crippen LogP contribution in [0.15, 0.2) is 59.5 Å². The van der Waals surface area contributed by atoms with Crippen LogP contribution in [0, 0.1) is 11.8 Å². The Bertz CT molecular complexity index is 1040. The first-order chi connectivity index (χ1) is 12.8. The average Bonchev–Trinajstić information content (AvgIpc) is 2.92. The van der Waals surface area contributed by atoms with Gasteiger partial charge >= 0.3 is 6.03 Å². The number of benzene rings is 2. The lowest BCUT2D eigenvalue weighted by atomic mass is 10.0. The molecule has 0 aromatic heterocycles. The topological polar surface area (TPSA) is 104 Å². The molecule has 3 N–H and O–H groups in total. The van der Waals surface area contributed by atoms with Crippen LogP contribution in [-0.2, 0) is 14.8 Å². The molecule has 1 fully saturated rings. The number of sulfonamides is 1. The minimum Gasteiger partial charge on any atom is -0.322 e. The molecule has 7 nitrogen and oxygen atoms in total. The summed E-state index contributed by atoms with van der Waals surface area (Å²) in [7, 11) is -3.84. The van der Waals surface area contributed by atoms with E-state index in [2.05, 4.69) is 27.2 Å². The van der Waals surface area contributed by atoms with Crippen molar-refractivity contribution in [3.63, 3.8) is 0 Å². The first-order valence-corrected chi connectivity index (χ1v) is 9.57. The zero-order chi connectivity index (χ0) is 19.5. The molecule has 0 radical (unpaired) electrons. The van der Waals surface area contributed by atoms with Crippen LogP contribution < -0.4 is 15.4 Å². The molecule has 1 heterocycles. The SMILES string of the molecule is CC1(CNS(=O)(=O)c2ccc(C#Cc3ccccc3)cc2)NC(=O)NC1=O. The summed E-state index contributed by atoms with van der Waals surface area (Å²) in [5.41, 5.74) is 0.207. The summed E-state index contributed by atoms with van der Waals surface area (Å²) in [6.45, 7) is 1.18. The molecular formula is C19H17N3O4S. The Hall–Kier alpha value is -3.15. The highest BCUT2D eigenvalue weighted by Crippen LogP contribution is 2.13. The fourth-order valence-corrected chi connectivity index (χ4v) is 3.55. The molecule has 27 heavy (non-hydrogen) atoms. The molecule has 8 heteroatoms. The standard InChI is InChI=1S/C19H17N3O4S/c1-19(17(23)21-18(24)22-19)13-20-27(25,26)16-11-9-15(10-12-16)8-7-14-5-3-2-4-6-14/h2-6,9-12,20H,13H2,1H3,(H2,21,22,23,24). The molecule has 1 aliphatic heterocycles. The third kappa shape index (κ3) is 4.34. The molecule has 1 saturated heterocycles. The first-order valence-electron chi connectivity index (χ1n) is 8.09. The maximum atomic E-state index is 12.4. The summed E-state index contributed by atoms with van der Waals surface area (Å²) in [6.07, 6.45) is 0. The fourth-order valence-electron chi connectivity index (χ4n) is 2.41. The summed E-state index contributed by atoms with van der Waals surface area (Å²) in [4.78, 5) is 23.0. The Morgan fingerprint density at radius 2 is 1.56 bits per heavy atom. The van der Waals surface area contributed by atoms with Crippen molar-refractivity contribution in [2.24, 2.45) is 0 Å². The van der Waals surface area contributed by atoms with Gasteiger partial charge in [0.2, 0.25) is 10.0 Å². The number of carbonyl (C=O) groups excluding carboxylic acids is 2. The Morgan fingerprint density at radius 1 is 0.963 bits per heavy atom. The molecule has 0 spiro atoms. The summed E-state index contributed by atoms with van der Waals surface area (Å²) in [6, 6.07) is 14.9. The number of rotatable bonds is 4. The highest BCUT2D eigenvalue weighted by molar-refractivity contribution is 7.89. The minimum absolute atomic E-state index is 0.0427. The molecule has 2 aromatic rings. The lowest BCUT2D eigenvalue weighted by Gasteiger charge is -2.20. The molecule has 0 saturated carbocycles. The van der Waals surface area contributed by atoms with Gasteiger partial charge in [-0.2, -0.15) is 0 Å². The van der Waals surface area contributed by atoms with Gasteiger partial charge in [-0.05, 0) is 43.3 Å². The van der Waals surface area contributed by atoms with Gasteiger partial charge in [-0.1, -0.05) is 30.0 Å². The van der Waals surface area contributed by atoms with Crippen molar-refractivity contribution in [3.8, 4) is 11.8 Å². The smallest absolute Gasteiger partial charge is 0.322 e. The largest absolute Gasteiger partial charge is 0.322 e. The zero-order valence-corrected chi connectivity index (χ0v) is 15.3. The Labute approximate surface area is 157 Å². The number of nitrogens with one attached hydrogen (secondary N) is 3. The number of carbonyl (C=O) groups is 2. The van der Waals surface area contributed by atoms with Crippen LogP contribution in [0.2, 0.25) is 0 Å². The van der Waals surface area contributed by atoms with Crippen molar-refractivity contribution in [1.29, 1.82) is 0 Å². The van der Waals surface area contributed by atoms with Crippen LogP contribution in [0.4, 0.5) is 4.79 Å². The maximum absolute atomic E-state index is 12.4. The summed E-state index contributed by atoms with van der Waals surface area (Å²) in [5, 5.41) is 4.48. The zero-order valence-electron chi connectivity index (χ0n) is 14.4. The van der Waals surface area contributed by atoms with Crippen molar-refractivity contribution in [3.05, 3.63) is 65.7 Å². The van der Waals surface area contributed by atoms with Gasteiger partial charge in [0.05, 0.1) is 4.90 Å². The van der Waals surface area contributed by atoms with E-state index in [0.717, 1.165) is 5.56 Å². The van der Waals surface area contributed by atoms with Crippen molar-refractivity contribution in [1.82, 2.24) is 15.4 Å². The van der Waals surface area contributed by atoms with Gasteiger partial charge in [0.25, 0.3) is 5.91 Å². The minimum atomic E-state index is -3.84. The van der Waals surface area contributed by atoms with Crippen LogP contribution in [0.3, 0.4) is 0 Å². The quantitative estimate of drug-likeness (QED) is 0.540.